The fourth-order valence-electron chi connectivity index (χ4n) is 1.59. The summed E-state index contributed by atoms with van der Waals surface area (Å²) in [5.41, 5.74) is -0.218. The fraction of sp³-hybridized carbons (Fsp3) is 0.417. The van der Waals surface area contributed by atoms with E-state index < -0.39 is 15.3 Å². The van der Waals surface area contributed by atoms with Crippen molar-refractivity contribution in [3.05, 3.63) is 23.8 Å². The minimum atomic E-state index is -3.38. The third-order valence-electron chi connectivity index (χ3n) is 2.57. The first-order valence-corrected chi connectivity index (χ1v) is 6.97. The SMILES string of the molecule is COc1c(C(C)(C)C=O)cccc1S(C)(=O)=O. The lowest BCUT2D eigenvalue weighted by atomic mass is 9.86. The topological polar surface area (TPSA) is 60.4 Å². The zero-order valence-corrected chi connectivity index (χ0v) is 11.2. The van der Waals surface area contributed by atoms with Crippen molar-refractivity contribution in [2.75, 3.05) is 13.4 Å². The first-order valence-electron chi connectivity index (χ1n) is 5.08. The lowest BCUT2D eigenvalue weighted by Crippen LogP contribution is -2.20. The molecule has 0 saturated heterocycles. The van der Waals surface area contributed by atoms with E-state index in [0.29, 0.717) is 5.56 Å². The largest absolute Gasteiger partial charge is 0.495 e. The van der Waals surface area contributed by atoms with Crippen molar-refractivity contribution in [2.24, 2.45) is 0 Å². The highest BCUT2D eigenvalue weighted by Crippen LogP contribution is 2.35. The number of aldehydes is 1. The van der Waals surface area contributed by atoms with Gasteiger partial charge in [0.15, 0.2) is 9.84 Å². The Labute approximate surface area is 102 Å². The first kappa shape index (κ1) is 13.7. The van der Waals surface area contributed by atoms with Gasteiger partial charge in [0.2, 0.25) is 0 Å². The summed E-state index contributed by atoms with van der Waals surface area (Å²) in [6.45, 7) is 3.42. The van der Waals surface area contributed by atoms with Crippen LogP contribution in [0.15, 0.2) is 23.1 Å². The number of hydrogen-bond acceptors (Lipinski definition) is 4. The van der Waals surface area contributed by atoms with E-state index in [4.69, 9.17) is 4.74 Å². The van der Waals surface area contributed by atoms with Gasteiger partial charge in [-0.15, -0.1) is 0 Å². The van der Waals surface area contributed by atoms with Gasteiger partial charge in [-0.25, -0.2) is 8.42 Å². The first-order chi connectivity index (χ1) is 7.74. The second-order valence-corrected chi connectivity index (χ2v) is 6.43. The van der Waals surface area contributed by atoms with E-state index in [-0.39, 0.29) is 10.6 Å². The number of para-hydroxylation sites is 1. The summed E-state index contributed by atoms with van der Waals surface area (Å²) in [6.07, 6.45) is 1.89. The van der Waals surface area contributed by atoms with E-state index in [9.17, 15) is 13.2 Å². The van der Waals surface area contributed by atoms with E-state index in [2.05, 4.69) is 0 Å². The van der Waals surface area contributed by atoms with Crippen LogP contribution in [0, 0.1) is 0 Å². The zero-order valence-electron chi connectivity index (χ0n) is 10.4. The normalized spacial score (nSPS) is 12.2. The zero-order chi connectivity index (χ0) is 13.3. The van der Waals surface area contributed by atoms with E-state index in [1.54, 1.807) is 26.0 Å². The Kier molecular flexibility index (Phi) is 3.62. The van der Waals surface area contributed by atoms with Crippen LogP contribution in [0.25, 0.3) is 0 Å². The van der Waals surface area contributed by atoms with Crippen LogP contribution < -0.4 is 4.74 Å². The molecular formula is C12H16O4S. The van der Waals surface area contributed by atoms with Gasteiger partial charge in [0.05, 0.1) is 7.11 Å². The number of rotatable bonds is 4. The summed E-state index contributed by atoms with van der Waals surface area (Å²) in [5.74, 6) is 0.243. The average molecular weight is 256 g/mol. The van der Waals surface area contributed by atoms with Crippen LogP contribution in [0.1, 0.15) is 19.4 Å². The molecule has 17 heavy (non-hydrogen) atoms. The quantitative estimate of drug-likeness (QED) is 0.767. The Bertz CT molecular complexity index is 529. The molecule has 0 atom stereocenters. The van der Waals surface area contributed by atoms with Crippen LogP contribution in [-0.4, -0.2) is 28.1 Å². The van der Waals surface area contributed by atoms with Crippen LogP contribution in [0.3, 0.4) is 0 Å². The number of hydrogen-bond donors (Lipinski definition) is 0. The summed E-state index contributed by atoms with van der Waals surface area (Å²) in [6, 6.07) is 4.78. The van der Waals surface area contributed by atoms with Crippen molar-refractivity contribution in [3.63, 3.8) is 0 Å². The lowest BCUT2D eigenvalue weighted by Gasteiger charge is -2.22. The highest BCUT2D eigenvalue weighted by Gasteiger charge is 2.27. The van der Waals surface area contributed by atoms with Crippen molar-refractivity contribution < 1.29 is 17.9 Å². The Balaban J connectivity index is 3.61. The van der Waals surface area contributed by atoms with Crippen molar-refractivity contribution in [1.29, 1.82) is 0 Å². The number of carbonyl (C=O) groups is 1. The van der Waals surface area contributed by atoms with Crippen LogP contribution in [0.5, 0.6) is 5.75 Å². The fourth-order valence-corrected chi connectivity index (χ4v) is 2.45. The van der Waals surface area contributed by atoms with E-state index in [1.807, 2.05) is 0 Å². The molecule has 1 aromatic rings. The Morgan fingerprint density at radius 1 is 1.29 bits per heavy atom. The van der Waals surface area contributed by atoms with Gasteiger partial charge in [0, 0.05) is 17.2 Å². The third kappa shape index (κ3) is 2.66. The summed E-state index contributed by atoms with van der Waals surface area (Å²) >= 11 is 0. The maximum atomic E-state index is 11.6. The number of sulfone groups is 1. The van der Waals surface area contributed by atoms with Gasteiger partial charge in [-0.3, -0.25) is 0 Å². The average Bonchev–Trinajstić information content (AvgIpc) is 2.26. The molecule has 0 aliphatic heterocycles. The Morgan fingerprint density at radius 3 is 2.29 bits per heavy atom. The molecule has 4 nitrogen and oxygen atoms in total. The molecule has 5 heteroatoms. The highest BCUT2D eigenvalue weighted by atomic mass is 32.2. The van der Waals surface area contributed by atoms with Gasteiger partial charge >= 0.3 is 0 Å². The summed E-state index contributed by atoms with van der Waals surface area (Å²) in [4.78, 5) is 11.2. The number of ether oxygens (including phenoxy) is 1. The van der Waals surface area contributed by atoms with E-state index >= 15 is 0 Å². The van der Waals surface area contributed by atoms with Crippen molar-refractivity contribution in [1.82, 2.24) is 0 Å². The van der Waals surface area contributed by atoms with E-state index in [1.165, 1.54) is 13.2 Å². The monoisotopic (exact) mass is 256 g/mol. The molecule has 94 valence electrons. The van der Waals surface area contributed by atoms with Crippen LogP contribution in [0.4, 0.5) is 0 Å². The molecule has 0 bridgehead atoms. The molecule has 0 spiro atoms. The van der Waals surface area contributed by atoms with E-state index in [0.717, 1.165) is 12.5 Å². The third-order valence-corrected chi connectivity index (χ3v) is 3.69. The van der Waals surface area contributed by atoms with Gasteiger partial charge in [0.25, 0.3) is 0 Å². The molecule has 0 unspecified atom stereocenters. The predicted octanol–water partition coefficient (Wildman–Crippen LogP) is 1.58. The maximum absolute atomic E-state index is 11.6. The predicted molar refractivity (Wildman–Crippen MR) is 65.2 cm³/mol. The Hall–Kier alpha value is -1.36. The molecule has 1 rings (SSSR count). The van der Waals surface area contributed by atoms with Gasteiger partial charge in [-0.1, -0.05) is 12.1 Å². The van der Waals surface area contributed by atoms with Gasteiger partial charge < -0.3 is 9.53 Å². The molecule has 0 fully saturated rings. The molecule has 0 aliphatic rings. The smallest absolute Gasteiger partial charge is 0.179 e. The Morgan fingerprint density at radius 2 is 1.88 bits per heavy atom. The van der Waals surface area contributed by atoms with Crippen LogP contribution in [-0.2, 0) is 20.0 Å². The minimum Gasteiger partial charge on any atom is -0.495 e. The summed E-state index contributed by atoms with van der Waals surface area (Å²) in [7, 11) is -1.98. The lowest BCUT2D eigenvalue weighted by molar-refractivity contribution is -0.111. The summed E-state index contributed by atoms with van der Waals surface area (Å²) in [5, 5.41) is 0. The van der Waals surface area contributed by atoms with Crippen LogP contribution >= 0.6 is 0 Å². The maximum Gasteiger partial charge on any atom is 0.179 e. The molecule has 0 saturated carbocycles. The molecule has 1 aromatic carbocycles. The van der Waals surface area contributed by atoms with Crippen molar-refractivity contribution >= 4 is 16.1 Å². The van der Waals surface area contributed by atoms with Gasteiger partial charge in [-0.2, -0.15) is 0 Å². The molecule has 0 aliphatic carbocycles. The van der Waals surface area contributed by atoms with Gasteiger partial charge in [-0.05, 0) is 19.9 Å². The van der Waals surface area contributed by atoms with Crippen molar-refractivity contribution in [3.8, 4) is 5.75 Å². The van der Waals surface area contributed by atoms with Gasteiger partial charge in [0.1, 0.15) is 16.9 Å². The molecule has 0 amide bonds. The second kappa shape index (κ2) is 4.49. The second-order valence-electron chi connectivity index (χ2n) is 4.45. The summed E-state index contributed by atoms with van der Waals surface area (Å²) < 4.78 is 28.4. The number of methoxy groups -OCH3 is 1. The number of benzene rings is 1. The van der Waals surface area contributed by atoms with Crippen LogP contribution in [0.2, 0.25) is 0 Å². The minimum absolute atomic E-state index is 0.104. The molecule has 0 heterocycles. The molecule has 0 aromatic heterocycles. The standard InChI is InChI=1S/C12H16O4S/c1-12(2,8-13)9-6-5-7-10(11(9)16-3)17(4,14)15/h5-8H,1-4H3. The van der Waals surface area contributed by atoms with Crippen molar-refractivity contribution in [2.45, 2.75) is 24.2 Å². The highest BCUT2D eigenvalue weighted by molar-refractivity contribution is 7.90. The molecule has 0 radical (unpaired) electrons. The molecule has 0 N–H and O–H groups in total. The number of carbonyl (C=O) groups excluding carboxylic acids is 1. The molecular weight excluding hydrogens is 240 g/mol.